The predicted octanol–water partition coefficient (Wildman–Crippen LogP) is 3.34. The highest BCUT2D eigenvalue weighted by Crippen LogP contribution is 2.29. The van der Waals surface area contributed by atoms with Crippen LogP contribution in [0.4, 0.5) is 0 Å². The highest BCUT2D eigenvalue weighted by atomic mass is 35.5. The molecule has 0 amide bonds. The molecule has 23 heavy (non-hydrogen) atoms. The molecule has 4 nitrogen and oxygen atoms in total. The van der Waals surface area contributed by atoms with Gasteiger partial charge in [0.25, 0.3) is 0 Å². The van der Waals surface area contributed by atoms with E-state index in [1.807, 2.05) is 13.0 Å². The molecule has 6 heteroatoms. The number of pyridine rings is 1. The highest BCUT2D eigenvalue weighted by Gasteiger charge is 2.12. The Morgan fingerprint density at radius 1 is 1.13 bits per heavy atom. The second-order valence-electron chi connectivity index (χ2n) is 5.30. The van der Waals surface area contributed by atoms with E-state index in [1.165, 1.54) is 6.26 Å². The lowest BCUT2D eigenvalue weighted by molar-refractivity contribution is 0.299. The van der Waals surface area contributed by atoms with Crippen molar-refractivity contribution in [1.29, 1.82) is 0 Å². The molecule has 0 aliphatic carbocycles. The van der Waals surface area contributed by atoms with Gasteiger partial charge in [0.15, 0.2) is 9.84 Å². The van der Waals surface area contributed by atoms with Gasteiger partial charge in [0, 0.05) is 24.6 Å². The van der Waals surface area contributed by atoms with Crippen molar-refractivity contribution in [3.8, 4) is 0 Å². The van der Waals surface area contributed by atoms with E-state index in [0.29, 0.717) is 11.6 Å². The van der Waals surface area contributed by atoms with Crippen molar-refractivity contribution in [2.75, 3.05) is 12.9 Å². The molecule has 122 valence electrons. The van der Waals surface area contributed by atoms with Gasteiger partial charge >= 0.3 is 0 Å². The van der Waals surface area contributed by atoms with Crippen LogP contribution >= 0.6 is 11.6 Å². The maximum atomic E-state index is 11.6. The van der Waals surface area contributed by atoms with Gasteiger partial charge in [-0.1, -0.05) is 29.3 Å². The van der Waals surface area contributed by atoms with E-state index in [0.717, 1.165) is 22.3 Å². The summed E-state index contributed by atoms with van der Waals surface area (Å²) in [5.41, 5.74) is 3.65. The van der Waals surface area contributed by atoms with E-state index in [-0.39, 0.29) is 11.5 Å². The zero-order valence-electron chi connectivity index (χ0n) is 13.0. The third kappa shape index (κ3) is 4.41. The second kappa shape index (κ2) is 7.25. The Kier molecular flexibility index (Phi) is 5.57. The number of sulfone groups is 1. The van der Waals surface area contributed by atoms with Gasteiger partial charge in [0.05, 0.1) is 4.90 Å². The summed E-state index contributed by atoms with van der Waals surface area (Å²) in [4.78, 5) is 4.37. The third-order valence-electron chi connectivity index (χ3n) is 3.50. The van der Waals surface area contributed by atoms with Crippen LogP contribution in [0.15, 0.2) is 53.1 Å². The Hall–Kier alpha value is -1.69. The minimum atomic E-state index is -3.23. The standard InChI is InChI=1S/C17H18ClNO3S/c1-12(9-10-20)17(14-5-8-16(18)19-11-14)13-3-6-15(7-4-13)23(2,21)22/h3-8,11,20H,9-10H2,1-2H3. The number of rotatable bonds is 5. The largest absolute Gasteiger partial charge is 0.396 e. The van der Waals surface area contributed by atoms with Crippen molar-refractivity contribution >= 4 is 27.0 Å². The van der Waals surface area contributed by atoms with Crippen molar-refractivity contribution in [2.45, 2.75) is 18.2 Å². The van der Waals surface area contributed by atoms with Crippen molar-refractivity contribution in [3.05, 3.63) is 64.4 Å². The number of hydrogen-bond acceptors (Lipinski definition) is 4. The highest BCUT2D eigenvalue weighted by molar-refractivity contribution is 7.90. The Bertz CT molecular complexity index is 810. The molecule has 1 aromatic heterocycles. The molecule has 0 aliphatic heterocycles. The van der Waals surface area contributed by atoms with Gasteiger partial charge in [-0.2, -0.15) is 0 Å². The van der Waals surface area contributed by atoms with Gasteiger partial charge in [-0.05, 0) is 48.7 Å². The van der Waals surface area contributed by atoms with Gasteiger partial charge in [0.1, 0.15) is 5.15 Å². The van der Waals surface area contributed by atoms with E-state index in [1.54, 1.807) is 36.5 Å². The lowest BCUT2D eigenvalue weighted by Crippen LogP contribution is -1.99. The summed E-state index contributed by atoms with van der Waals surface area (Å²) in [5.74, 6) is 0. The normalized spacial score (nSPS) is 12.9. The van der Waals surface area contributed by atoms with E-state index in [9.17, 15) is 13.5 Å². The number of hydrogen-bond donors (Lipinski definition) is 1. The van der Waals surface area contributed by atoms with Gasteiger partial charge in [-0.15, -0.1) is 0 Å². The van der Waals surface area contributed by atoms with Crippen molar-refractivity contribution in [2.24, 2.45) is 0 Å². The van der Waals surface area contributed by atoms with Crippen LogP contribution in [0.3, 0.4) is 0 Å². The topological polar surface area (TPSA) is 67.3 Å². The molecule has 0 spiro atoms. The zero-order chi connectivity index (χ0) is 17.0. The first-order valence-corrected chi connectivity index (χ1v) is 9.33. The first kappa shape index (κ1) is 17.7. The third-order valence-corrected chi connectivity index (χ3v) is 4.85. The number of aliphatic hydroxyl groups excluding tert-OH is 1. The molecule has 2 rings (SSSR count). The quantitative estimate of drug-likeness (QED) is 0.839. The SMILES string of the molecule is CC(CCO)=C(c1ccc(S(C)(=O)=O)cc1)c1ccc(Cl)nc1. The summed E-state index contributed by atoms with van der Waals surface area (Å²) in [5, 5.41) is 9.63. The number of nitrogens with zero attached hydrogens (tertiary/aromatic N) is 1. The molecule has 0 unspecified atom stereocenters. The maximum Gasteiger partial charge on any atom is 0.175 e. The van der Waals surface area contributed by atoms with E-state index < -0.39 is 9.84 Å². The summed E-state index contributed by atoms with van der Waals surface area (Å²) in [6, 6.07) is 10.3. The van der Waals surface area contributed by atoms with Crippen LogP contribution in [0.1, 0.15) is 24.5 Å². The minimum Gasteiger partial charge on any atom is -0.396 e. The molecule has 0 saturated carbocycles. The van der Waals surface area contributed by atoms with E-state index in [4.69, 9.17) is 11.6 Å². The lowest BCUT2D eigenvalue weighted by Gasteiger charge is -2.13. The molecule has 0 fully saturated rings. The molecular formula is C17H18ClNO3S. The summed E-state index contributed by atoms with van der Waals surface area (Å²) in [6.07, 6.45) is 3.37. The van der Waals surface area contributed by atoms with Crippen LogP contribution in [0.5, 0.6) is 0 Å². The fourth-order valence-corrected chi connectivity index (χ4v) is 3.09. The van der Waals surface area contributed by atoms with Crippen molar-refractivity contribution in [1.82, 2.24) is 4.98 Å². The summed E-state index contributed by atoms with van der Waals surface area (Å²) < 4.78 is 23.2. The fourth-order valence-electron chi connectivity index (χ4n) is 2.34. The van der Waals surface area contributed by atoms with Crippen molar-refractivity contribution in [3.63, 3.8) is 0 Å². The summed E-state index contributed by atoms with van der Waals surface area (Å²) in [6.45, 7) is 1.97. The molecule has 2 aromatic rings. The first-order chi connectivity index (χ1) is 10.8. The Morgan fingerprint density at radius 2 is 1.74 bits per heavy atom. The fraction of sp³-hybridized carbons (Fsp3) is 0.235. The zero-order valence-corrected chi connectivity index (χ0v) is 14.5. The minimum absolute atomic E-state index is 0.0395. The van der Waals surface area contributed by atoms with Crippen LogP contribution in [0.2, 0.25) is 5.15 Å². The second-order valence-corrected chi connectivity index (χ2v) is 7.70. The number of benzene rings is 1. The predicted molar refractivity (Wildman–Crippen MR) is 92.2 cm³/mol. The molecule has 0 atom stereocenters. The van der Waals surface area contributed by atoms with Gasteiger partial charge in [-0.3, -0.25) is 0 Å². The molecule has 0 saturated heterocycles. The first-order valence-electron chi connectivity index (χ1n) is 7.06. The molecule has 0 bridgehead atoms. The number of halogens is 1. The molecule has 0 aliphatic rings. The molecule has 1 heterocycles. The molecular weight excluding hydrogens is 334 g/mol. The van der Waals surface area contributed by atoms with Crippen LogP contribution in [0, 0.1) is 0 Å². The summed E-state index contributed by atoms with van der Waals surface area (Å²) in [7, 11) is -3.23. The van der Waals surface area contributed by atoms with Crippen molar-refractivity contribution < 1.29 is 13.5 Å². The smallest absolute Gasteiger partial charge is 0.175 e. The number of aliphatic hydroxyl groups is 1. The average molecular weight is 352 g/mol. The van der Waals surface area contributed by atoms with Crippen LogP contribution in [-0.2, 0) is 9.84 Å². The lowest BCUT2D eigenvalue weighted by atomic mass is 9.93. The average Bonchev–Trinajstić information content (AvgIpc) is 2.49. The van der Waals surface area contributed by atoms with Crippen LogP contribution in [-0.4, -0.2) is 31.4 Å². The monoisotopic (exact) mass is 351 g/mol. The Labute approximate surface area is 141 Å². The van der Waals surface area contributed by atoms with E-state index >= 15 is 0 Å². The summed E-state index contributed by atoms with van der Waals surface area (Å²) >= 11 is 5.84. The molecule has 1 aromatic carbocycles. The molecule has 0 radical (unpaired) electrons. The maximum absolute atomic E-state index is 11.6. The van der Waals surface area contributed by atoms with Gasteiger partial charge in [0.2, 0.25) is 0 Å². The van der Waals surface area contributed by atoms with Crippen LogP contribution in [0.25, 0.3) is 5.57 Å². The van der Waals surface area contributed by atoms with Gasteiger partial charge in [-0.25, -0.2) is 13.4 Å². The van der Waals surface area contributed by atoms with Crippen LogP contribution < -0.4 is 0 Å². The number of aromatic nitrogens is 1. The van der Waals surface area contributed by atoms with Gasteiger partial charge < -0.3 is 5.11 Å². The Morgan fingerprint density at radius 3 is 2.22 bits per heavy atom. The Balaban J connectivity index is 2.55. The van der Waals surface area contributed by atoms with E-state index in [2.05, 4.69) is 4.98 Å². The molecule has 1 N–H and O–H groups in total.